The third-order valence-electron chi connectivity index (χ3n) is 2.57. The molecular weight excluding hydrogens is 246 g/mol. The molecule has 104 valence electrons. The molecule has 0 aliphatic rings. The summed E-state index contributed by atoms with van der Waals surface area (Å²) < 4.78 is 5.13. The number of carbonyl (C=O) groups is 2. The Morgan fingerprint density at radius 3 is 2.58 bits per heavy atom. The highest BCUT2D eigenvalue weighted by atomic mass is 16.5. The second-order valence-corrected chi connectivity index (χ2v) is 4.38. The van der Waals surface area contributed by atoms with Crippen molar-refractivity contribution in [2.24, 2.45) is 0 Å². The van der Waals surface area contributed by atoms with Crippen molar-refractivity contribution < 1.29 is 19.4 Å². The van der Waals surface area contributed by atoms with Crippen LogP contribution in [0, 0.1) is 0 Å². The Bertz CT molecular complexity index is 405. The van der Waals surface area contributed by atoms with Gasteiger partial charge in [-0.1, -0.05) is 30.3 Å². The molecule has 0 aliphatic carbocycles. The number of rotatable bonds is 8. The van der Waals surface area contributed by atoms with Crippen LogP contribution in [0.4, 0.5) is 0 Å². The van der Waals surface area contributed by atoms with Gasteiger partial charge in [0.25, 0.3) is 0 Å². The average molecular weight is 265 g/mol. The second kappa shape index (κ2) is 8.26. The maximum Gasteiger partial charge on any atom is 0.320 e. The number of ether oxygens (including phenoxy) is 1. The first-order valence-corrected chi connectivity index (χ1v) is 6.18. The summed E-state index contributed by atoms with van der Waals surface area (Å²) in [4.78, 5) is 23.7. The van der Waals surface area contributed by atoms with Crippen molar-refractivity contribution in [3.63, 3.8) is 0 Å². The van der Waals surface area contributed by atoms with Crippen LogP contribution in [-0.2, 0) is 20.9 Å². The minimum absolute atomic E-state index is 0.114. The molecule has 0 unspecified atom stereocenters. The number of carbonyl (C=O) groups excluding carboxylic acids is 1. The quantitative estimate of drug-likeness (QED) is 0.722. The van der Waals surface area contributed by atoms with Crippen molar-refractivity contribution in [1.29, 1.82) is 0 Å². The molecule has 0 atom stereocenters. The number of nitrogens with zero attached hydrogens (tertiary/aromatic N) is 1. The van der Waals surface area contributed by atoms with E-state index in [2.05, 4.69) is 0 Å². The number of carboxylic acids is 1. The normalized spacial score (nSPS) is 10.4. The van der Waals surface area contributed by atoms with E-state index in [0.717, 1.165) is 5.56 Å². The largest absolute Gasteiger partial charge is 0.481 e. The highest BCUT2D eigenvalue weighted by molar-refractivity contribution is 5.71. The molecule has 0 aliphatic heterocycles. The molecular formula is C14H19NO4. The Morgan fingerprint density at radius 2 is 1.95 bits per heavy atom. The van der Waals surface area contributed by atoms with Gasteiger partial charge in [-0.25, -0.2) is 0 Å². The first-order chi connectivity index (χ1) is 9.08. The summed E-state index contributed by atoms with van der Waals surface area (Å²) in [6.45, 7) is 1.00. The Kier molecular flexibility index (Phi) is 6.60. The average Bonchev–Trinajstić information content (AvgIpc) is 2.37. The lowest BCUT2D eigenvalue weighted by atomic mass is 10.2. The van der Waals surface area contributed by atoms with Gasteiger partial charge in [-0.15, -0.1) is 0 Å². The highest BCUT2D eigenvalue weighted by Crippen LogP contribution is 2.01. The fraction of sp³-hybridized carbons (Fsp3) is 0.429. The van der Waals surface area contributed by atoms with Gasteiger partial charge in [0.05, 0.1) is 6.54 Å². The fourth-order valence-corrected chi connectivity index (χ4v) is 1.58. The van der Waals surface area contributed by atoms with Crippen LogP contribution in [0.25, 0.3) is 0 Å². The zero-order valence-electron chi connectivity index (χ0n) is 11.0. The van der Waals surface area contributed by atoms with E-state index in [1.165, 1.54) is 0 Å². The summed E-state index contributed by atoms with van der Waals surface area (Å²) in [5, 5.41) is 8.51. The lowest BCUT2D eigenvalue weighted by Crippen LogP contribution is -2.28. The molecule has 0 radical (unpaired) electrons. The molecule has 0 bridgehead atoms. The summed E-state index contributed by atoms with van der Waals surface area (Å²) in [6, 6.07) is 9.47. The zero-order chi connectivity index (χ0) is 14.1. The SMILES string of the molecule is CN(CCCC(=O)O)CC(=O)OCc1ccccc1. The Hall–Kier alpha value is -1.88. The van der Waals surface area contributed by atoms with Gasteiger partial charge in [-0.3, -0.25) is 14.5 Å². The maximum atomic E-state index is 11.5. The molecule has 0 spiro atoms. The zero-order valence-corrected chi connectivity index (χ0v) is 11.0. The van der Waals surface area contributed by atoms with Crippen molar-refractivity contribution in [1.82, 2.24) is 4.90 Å². The molecule has 0 fully saturated rings. The molecule has 0 saturated carbocycles. The summed E-state index contributed by atoms with van der Waals surface area (Å²) in [5.41, 5.74) is 0.949. The molecule has 5 heteroatoms. The van der Waals surface area contributed by atoms with Gasteiger partial charge >= 0.3 is 11.9 Å². The summed E-state index contributed by atoms with van der Waals surface area (Å²) in [5.74, 6) is -1.12. The van der Waals surface area contributed by atoms with Gasteiger partial charge in [0.2, 0.25) is 0 Å². The first kappa shape index (κ1) is 15.2. The van der Waals surface area contributed by atoms with Gasteiger partial charge < -0.3 is 9.84 Å². The van der Waals surface area contributed by atoms with Gasteiger partial charge in [-0.05, 0) is 25.6 Å². The van der Waals surface area contributed by atoms with E-state index in [9.17, 15) is 9.59 Å². The van der Waals surface area contributed by atoms with E-state index in [4.69, 9.17) is 9.84 Å². The number of esters is 1. The molecule has 0 amide bonds. The number of carboxylic acid groups (broad SMARTS) is 1. The number of hydrogen-bond donors (Lipinski definition) is 1. The van der Waals surface area contributed by atoms with E-state index in [1.54, 1.807) is 11.9 Å². The van der Waals surface area contributed by atoms with Crippen molar-refractivity contribution in [3.05, 3.63) is 35.9 Å². The van der Waals surface area contributed by atoms with Crippen LogP contribution < -0.4 is 0 Å². The van der Waals surface area contributed by atoms with E-state index in [-0.39, 0.29) is 25.5 Å². The van der Waals surface area contributed by atoms with Crippen LogP contribution in [0.3, 0.4) is 0 Å². The smallest absolute Gasteiger partial charge is 0.320 e. The highest BCUT2D eigenvalue weighted by Gasteiger charge is 2.08. The first-order valence-electron chi connectivity index (χ1n) is 6.18. The molecule has 0 aromatic heterocycles. The second-order valence-electron chi connectivity index (χ2n) is 4.38. The standard InChI is InChI=1S/C14H19NO4/c1-15(9-5-8-13(16)17)10-14(18)19-11-12-6-3-2-4-7-12/h2-4,6-7H,5,8-11H2,1H3,(H,16,17). The molecule has 1 aromatic rings. The Morgan fingerprint density at radius 1 is 1.26 bits per heavy atom. The van der Waals surface area contributed by atoms with Crippen molar-refractivity contribution in [3.8, 4) is 0 Å². The maximum absolute atomic E-state index is 11.5. The van der Waals surface area contributed by atoms with Crippen molar-refractivity contribution in [2.75, 3.05) is 20.1 Å². The third-order valence-corrected chi connectivity index (χ3v) is 2.57. The van der Waals surface area contributed by atoms with E-state index in [1.807, 2.05) is 30.3 Å². The molecule has 19 heavy (non-hydrogen) atoms. The molecule has 1 rings (SSSR count). The van der Waals surface area contributed by atoms with Gasteiger partial charge in [0.1, 0.15) is 6.61 Å². The lowest BCUT2D eigenvalue weighted by molar-refractivity contribution is -0.145. The van der Waals surface area contributed by atoms with Crippen molar-refractivity contribution >= 4 is 11.9 Å². The molecule has 0 saturated heterocycles. The molecule has 0 heterocycles. The predicted molar refractivity (Wildman–Crippen MR) is 70.6 cm³/mol. The minimum atomic E-state index is -0.819. The number of hydrogen-bond acceptors (Lipinski definition) is 4. The molecule has 5 nitrogen and oxygen atoms in total. The van der Waals surface area contributed by atoms with Gasteiger partial charge in [-0.2, -0.15) is 0 Å². The lowest BCUT2D eigenvalue weighted by Gasteiger charge is -2.15. The van der Waals surface area contributed by atoms with Crippen LogP contribution in [-0.4, -0.2) is 42.1 Å². The third kappa shape index (κ3) is 7.21. The van der Waals surface area contributed by atoms with Crippen molar-refractivity contribution in [2.45, 2.75) is 19.4 Å². The van der Waals surface area contributed by atoms with Crippen LogP contribution in [0.2, 0.25) is 0 Å². The summed E-state index contributed by atoms with van der Waals surface area (Å²) in [7, 11) is 1.77. The molecule has 1 aromatic carbocycles. The summed E-state index contributed by atoms with van der Waals surface area (Å²) in [6.07, 6.45) is 0.640. The summed E-state index contributed by atoms with van der Waals surface area (Å²) >= 11 is 0. The topological polar surface area (TPSA) is 66.8 Å². The fourth-order valence-electron chi connectivity index (χ4n) is 1.58. The Balaban J connectivity index is 2.18. The van der Waals surface area contributed by atoms with E-state index >= 15 is 0 Å². The van der Waals surface area contributed by atoms with Gasteiger partial charge in [0, 0.05) is 6.42 Å². The predicted octanol–water partition coefficient (Wildman–Crippen LogP) is 1.53. The van der Waals surface area contributed by atoms with Crippen LogP contribution in [0.15, 0.2) is 30.3 Å². The van der Waals surface area contributed by atoms with E-state index in [0.29, 0.717) is 13.0 Å². The number of likely N-dealkylation sites (N-methyl/N-ethyl adjacent to an activating group) is 1. The number of aliphatic carboxylic acids is 1. The minimum Gasteiger partial charge on any atom is -0.481 e. The molecule has 1 N–H and O–H groups in total. The van der Waals surface area contributed by atoms with Crippen LogP contribution in [0.1, 0.15) is 18.4 Å². The van der Waals surface area contributed by atoms with Crippen LogP contribution >= 0.6 is 0 Å². The monoisotopic (exact) mass is 265 g/mol. The van der Waals surface area contributed by atoms with Crippen LogP contribution in [0.5, 0.6) is 0 Å². The van der Waals surface area contributed by atoms with Gasteiger partial charge in [0.15, 0.2) is 0 Å². The van der Waals surface area contributed by atoms with E-state index < -0.39 is 5.97 Å². The number of benzene rings is 1. The Labute approximate surface area is 112 Å².